The molecule has 0 spiro atoms. The summed E-state index contributed by atoms with van der Waals surface area (Å²) in [4.78, 5) is 35.1. The summed E-state index contributed by atoms with van der Waals surface area (Å²) in [5.74, 6) is -3.42. The Balaban J connectivity index is 1.53. The number of amides is 2. The van der Waals surface area contributed by atoms with E-state index in [1.807, 2.05) is 48.5 Å². The Bertz CT molecular complexity index is 1040. The number of hydrogen-bond acceptors (Lipinski definition) is 4. The first-order valence-electron chi connectivity index (χ1n) is 10.6. The van der Waals surface area contributed by atoms with E-state index < -0.39 is 42.0 Å². The van der Waals surface area contributed by atoms with Crippen LogP contribution in [0.4, 0.5) is 18.0 Å². The summed E-state index contributed by atoms with van der Waals surface area (Å²) in [6.45, 7) is 3.13. The number of hydrogen-bond donors (Lipinski definition) is 3. The van der Waals surface area contributed by atoms with Crippen molar-refractivity contribution in [1.29, 1.82) is 0 Å². The highest BCUT2D eigenvalue weighted by Crippen LogP contribution is 2.44. The lowest BCUT2D eigenvalue weighted by atomic mass is 9.89. The van der Waals surface area contributed by atoms with E-state index in [0.29, 0.717) is 0 Å². The van der Waals surface area contributed by atoms with Crippen LogP contribution in [0.3, 0.4) is 0 Å². The van der Waals surface area contributed by atoms with Gasteiger partial charge in [0.15, 0.2) is 0 Å². The first-order chi connectivity index (χ1) is 15.9. The Morgan fingerprint density at radius 2 is 1.53 bits per heavy atom. The van der Waals surface area contributed by atoms with Crippen molar-refractivity contribution in [2.45, 2.75) is 38.4 Å². The van der Waals surface area contributed by atoms with E-state index in [4.69, 9.17) is 9.84 Å². The molecule has 1 atom stereocenters. The number of nitrogens with one attached hydrogen (secondary N) is 2. The number of carboxylic acids is 1. The van der Waals surface area contributed by atoms with Crippen LogP contribution in [0.25, 0.3) is 11.1 Å². The Morgan fingerprint density at radius 1 is 1.00 bits per heavy atom. The number of halogens is 3. The molecule has 0 heterocycles. The number of carboxylic acid groups (broad SMARTS) is 1. The van der Waals surface area contributed by atoms with Gasteiger partial charge in [-0.25, -0.2) is 9.59 Å². The third-order valence-corrected chi connectivity index (χ3v) is 5.57. The molecule has 1 unspecified atom stereocenters. The zero-order chi connectivity index (χ0) is 25.1. The van der Waals surface area contributed by atoms with Gasteiger partial charge in [0.1, 0.15) is 6.61 Å². The molecule has 7 nitrogen and oxygen atoms in total. The molecule has 1 aliphatic carbocycles. The number of aliphatic carboxylic acids is 1. The van der Waals surface area contributed by atoms with Crippen molar-refractivity contribution in [3.63, 3.8) is 0 Å². The molecule has 0 saturated heterocycles. The van der Waals surface area contributed by atoms with Gasteiger partial charge in [0.2, 0.25) is 11.9 Å². The number of alkyl carbamates (subject to hydrolysis) is 1. The molecule has 3 rings (SSSR count). The summed E-state index contributed by atoms with van der Waals surface area (Å²) in [6, 6.07) is 12.7. The van der Waals surface area contributed by atoms with Crippen LogP contribution in [0.2, 0.25) is 0 Å². The summed E-state index contributed by atoms with van der Waals surface area (Å²) in [5, 5.41) is 12.7. The van der Waals surface area contributed by atoms with E-state index in [9.17, 15) is 27.6 Å². The summed E-state index contributed by atoms with van der Waals surface area (Å²) in [6.07, 6.45) is -6.28. The third-order valence-electron chi connectivity index (χ3n) is 5.57. The minimum atomic E-state index is -5.12. The Kier molecular flexibility index (Phi) is 7.18. The van der Waals surface area contributed by atoms with E-state index in [1.165, 1.54) is 5.32 Å². The van der Waals surface area contributed by atoms with Crippen molar-refractivity contribution in [2.75, 3.05) is 13.2 Å². The Hall–Kier alpha value is -3.56. The fourth-order valence-electron chi connectivity index (χ4n) is 3.95. The molecule has 2 amide bonds. The Morgan fingerprint density at radius 3 is 2.03 bits per heavy atom. The van der Waals surface area contributed by atoms with Crippen molar-refractivity contribution in [3.8, 4) is 11.1 Å². The summed E-state index contributed by atoms with van der Waals surface area (Å²) in [5.41, 5.74) is 3.30. The first kappa shape index (κ1) is 25.1. The minimum Gasteiger partial charge on any atom is -0.479 e. The molecule has 0 radical (unpaired) electrons. The quantitative estimate of drug-likeness (QED) is 0.531. The molecule has 2 aromatic rings. The summed E-state index contributed by atoms with van der Waals surface area (Å²) >= 11 is 0. The van der Waals surface area contributed by atoms with Crippen LogP contribution in [-0.4, -0.2) is 48.4 Å². The molecule has 182 valence electrons. The van der Waals surface area contributed by atoms with Crippen LogP contribution in [0.15, 0.2) is 48.5 Å². The highest BCUT2D eigenvalue weighted by Gasteiger charge is 2.46. The van der Waals surface area contributed by atoms with Crippen LogP contribution in [0, 0.1) is 5.41 Å². The average molecular weight is 478 g/mol. The lowest BCUT2D eigenvalue weighted by Crippen LogP contribution is -2.51. The maximum Gasteiger partial charge on any atom is 0.419 e. The van der Waals surface area contributed by atoms with E-state index in [-0.39, 0.29) is 19.1 Å². The lowest BCUT2D eigenvalue weighted by molar-refractivity contribution is -0.182. The minimum absolute atomic E-state index is 0.0686. The van der Waals surface area contributed by atoms with Crippen molar-refractivity contribution in [3.05, 3.63) is 59.7 Å². The molecule has 0 saturated carbocycles. The maximum absolute atomic E-state index is 12.7. The Labute approximate surface area is 194 Å². The molecule has 0 aliphatic heterocycles. The third kappa shape index (κ3) is 5.86. The van der Waals surface area contributed by atoms with Crippen LogP contribution in [0.1, 0.15) is 37.3 Å². The number of rotatable bonds is 8. The first-order valence-corrected chi connectivity index (χ1v) is 10.6. The van der Waals surface area contributed by atoms with Crippen LogP contribution < -0.4 is 10.6 Å². The highest BCUT2D eigenvalue weighted by molar-refractivity contribution is 5.84. The zero-order valence-corrected chi connectivity index (χ0v) is 18.6. The normalized spacial score (nSPS) is 14.0. The van der Waals surface area contributed by atoms with Crippen molar-refractivity contribution < 1.29 is 37.4 Å². The molecule has 10 heteroatoms. The predicted octanol–water partition coefficient (Wildman–Crippen LogP) is 4.07. The van der Waals surface area contributed by atoms with Crippen LogP contribution in [-0.2, 0) is 14.3 Å². The number of benzene rings is 2. The van der Waals surface area contributed by atoms with Gasteiger partial charge in [-0.1, -0.05) is 62.4 Å². The molecule has 0 bridgehead atoms. The van der Waals surface area contributed by atoms with E-state index in [2.05, 4.69) is 5.32 Å². The topological polar surface area (TPSA) is 105 Å². The van der Waals surface area contributed by atoms with Gasteiger partial charge >= 0.3 is 18.2 Å². The number of ether oxygens (including phenoxy) is 1. The van der Waals surface area contributed by atoms with E-state index in [0.717, 1.165) is 22.3 Å². The molecular weight excluding hydrogens is 453 g/mol. The van der Waals surface area contributed by atoms with Crippen molar-refractivity contribution >= 4 is 18.0 Å². The molecule has 3 N–H and O–H groups in total. The smallest absolute Gasteiger partial charge is 0.419 e. The van der Waals surface area contributed by atoms with Crippen molar-refractivity contribution in [2.24, 2.45) is 5.41 Å². The SMILES string of the molecule is CC(C)(CNC(=O)OCC1c2ccccc2-c2ccccc21)CC(=O)NC(C(=O)O)C(F)(F)F. The number of carbonyl (C=O) groups is 3. The van der Waals surface area contributed by atoms with E-state index >= 15 is 0 Å². The van der Waals surface area contributed by atoms with Gasteiger partial charge in [-0.15, -0.1) is 0 Å². The second-order valence-electron chi connectivity index (χ2n) is 8.90. The molecule has 2 aromatic carbocycles. The second-order valence-corrected chi connectivity index (χ2v) is 8.90. The number of fused-ring (bicyclic) bond motifs is 3. The average Bonchev–Trinajstić information content (AvgIpc) is 3.07. The predicted molar refractivity (Wildman–Crippen MR) is 117 cm³/mol. The lowest BCUT2D eigenvalue weighted by Gasteiger charge is -2.26. The van der Waals surface area contributed by atoms with Gasteiger partial charge in [0.25, 0.3) is 0 Å². The largest absolute Gasteiger partial charge is 0.479 e. The number of alkyl halides is 3. The standard InChI is InChI=1S/C24H25F3N2O5/c1-23(2,11-19(30)29-20(21(31)32)24(25,26)27)13-28-22(33)34-12-18-16-9-5-3-7-14(16)15-8-4-6-10-17(15)18/h3-10,18,20H,11-13H2,1-2H3,(H,28,33)(H,29,30)(H,31,32). The van der Waals surface area contributed by atoms with E-state index in [1.54, 1.807) is 13.8 Å². The van der Waals surface area contributed by atoms with Gasteiger partial charge in [-0.2, -0.15) is 13.2 Å². The van der Waals surface area contributed by atoms with Gasteiger partial charge in [-0.05, 0) is 27.7 Å². The van der Waals surface area contributed by atoms with Gasteiger partial charge < -0.3 is 20.5 Å². The maximum atomic E-state index is 12.7. The summed E-state index contributed by atoms with van der Waals surface area (Å²) in [7, 11) is 0. The van der Waals surface area contributed by atoms with Gasteiger partial charge in [0, 0.05) is 18.9 Å². The molecule has 1 aliphatic rings. The van der Waals surface area contributed by atoms with Gasteiger partial charge in [0.05, 0.1) is 0 Å². The van der Waals surface area contributed by atoms with Crippen molar-refractivity contribution in [1.82, 2.24) is 10.6 Å². The second kappa shape index (κ2) is 9.74. The van der Waals surface area contributed by atoms with Crippen LogP contribution in [0.5, 0.6) is 0 Å². The summed E-state index contributed by atoms with van der Waals surface area (Å²) < 4.78 is 43.6. The fraction of sp³-hybridized carbons (Fsp3) is 0.375. The van der Waals surface area contributed by atoms with Crippen LogP contribution >= 0.6 is 0 Å². The molecule has 0 fully saturated rings. The number of carbonyl (C=O) groups excluding carboxylic acids is 2. The fourth-order valence-corrected chi connectivity index (χ4v) is 3.95. The monoisotopic (exact) mass is 478 g/mol. The highest BCUT2D eigenvalue weighted by atomic mass is 19.4. The zero-order valence-electron chi connectivity index (χ0n) is 18.6. The molecule has 34 heavy (non-hydrogen) atoms. The van der Waals surface area contributed by atoms with Gasteiger partial charge in [-0.3, -0.25) is 4.79 Å². The molecule has 0 aromatic heterocycles. The molecular formula is C24H25F3N2O5.